The highest BCUT2D eigenvalue weighted by Crippen LogP contribution is 2.28. The van der Waals surface area contributed by atoms with E-state index in [1.54, 1.807) is 33.6 Å². The van der Waals surface area contributed by atoms with Crippen molar-refractivity contribution in [2.75, 3.05) is 0 Å². The van der Waals surface area contributed by atoms with Crippen molar-refractivity contribution in [2.24, 2.45) is 0 Å². The van der Waals surface area contributed by atoms with Gasteiger partial charge in [-0.1, -0.05) is 36.3 Å². The zero-order valence-electron chi connectivity index (χ0n) is 16.8. The summed E-state index contributed by atoms with van der Waals surface area (Å²) in [4.78, 5) is 24.0. The van der Waals surface area contributed by atoms with Crippen LogP contribution in [0.1, 0.15) is 47.5 Å². The molecule has 0 N–H and O–H groups in total. The van der Waals surface area contributed by atoms with Crippen molar-refractivity contribution in [3.05, 3.63) is 68.4 Å². The van der Waals surface area contributed by atoms with Crippen molar-refractivity contribution in [1.29, 1.82) is 0 Å². The van der Waals surface area contributed by atoms with E-state index in [9.17, 15) is 4.79 Å². The first kappa shape index (κ1) is 19.5. The minimum atomic E-state index is 0.0330. The highest BCUT2D eigenvalue weighted by molar-refractivity contribution is 7.97. The first-order valence-electron chi connectivity index (χ1n) is 10.2. The molecule has 0 radical (unpaired) electrons. The molecule has 0 aliphatic heterocycles. The highest BCUT2D eigenvalue weighted by atomic mass is 32.2. The van der Waals surface area contributed by atoms with Gasteiger partial charge in [-0.25, -0.2) is 4.98 Å². The lowest BCUT2D eigenvalue weighted by Crippen LogP contribution is -2.17. The van der Waals surface area contributed by atoms with Crippen molar-refractivity contribution in [1.82, 2.24) is 19.5 Å². The number of aryl methyl sites for hydroxylation is 3. The number of hydrogen-bond acceptors (Lipinski definition) is 7. The summed E-state index contributed by atoms with van der Waals surface area (Å²) >= 11 is 3.29. The average Bonchev–Trinajstić information content (AvgIpc) is 3.38. The van der Waals surface area contributed by atoms with Gasteiger partial charge in [0.1, 0.15) is 0 Å². The normalized spacial score (nSPS) is 13.6. The molecular formula is C22H22N4O2S2. The van der Waals surface area contributed by atoms with Crippen LogP contribution in [0.5, 0.6) is 0 Å². The maximum atomic E-state index is 12.7. The van der Waals surface area contributed by atoms with E-state index in [0.717, 1.165) is 41.9 Å². The topological polar surface area (TPSA) is 73.3 Å². The third kappa shape index (κ3) is 3.81. The van der Waals surface area contributed by atoms with Crippen LogP contribution in [0.4, 0.5) is 0 Å². The Labute approximate surface area is 182 Å². The van der Waals surface area contributed by atoms with Gasteiger partial charge in [0.05, 0.1) is 11.4 Å². The first-order valence-corrected chi connectivity index (χ1v) is 12.2. The van der Waals surface area contributed by atoms with Crippen LogP contribution in [0.25, 0.3) is 16.3 Å². The summed E-state index contributed by atoms with van der Waals surface area (Å²) in [6.07, 6.45) is 5.40. The molecule has 3 heterocycles. The van der Waals surface area contributed by atoms with Crippen LogP contribution in [0, 0.1) is 0 Å². The molecule has 30 heavy (non-hydrogen) atoms. The lowest BCUT2D eigenvalue weighted by atomic mass is 10.0. The van der Waals surface area contributed by atoms with E-state index in [0.29, 0.717) is 23.2 Å². The van der Waals surface area contributed by atoms with E-state index in [4.69, 9.17) is 9.51 Å². The Morgan fingerprint density at radius 1 is 1.13 bits per heavy atom. The van der Waals surface area contributed by atoms with Gasteiger partial charge in [-0.3, -0.25) is 9.20 Å². The van der Waals surface area contributed by atoms with Gasteiger partial charge < -0.3 is 4.52 Å². The molecule has 6 nitrogen and oxygen atoms in total. The fraction of sp³-hybridized carbons (Fsp3) is 0.364. The van der Waals surface area contributed by atoms with Gasteiger partial charge in [0, 0.05) is 28.0 Å². The Morgan fingerprint density at radius 2 is 1.97 bits per heavy atom. The molecule has 0 bridgehead atoms. The predicted molar refractivity (Wildman–Crippen MR) is 120 cm³/mol. The summed E-state index contributed by atoms with van der Waals surface area (Å²) in [5.41, 5.74) is 4.24. The molecule has 1 aliphatic rings. The summed E-state index contributed by atoms with van der Waals surface area (Å²) in [6, 6.07) is 9.88. The van der Waals surface area contributed by atoms with Crippen molar-refractivity contribution in [3.8, 4) is 11.4 Å². The molecule has 0 spiro atoms. The predicted octanol–water partition coefficient (Wildman–Crippen LogP) is 4.68. The Kier molecular flexibility index (Phi) is 5.43. The number of thioether (sulfide) groups is 1. The Hall–Kier alpha value is -2.45. The van der Waals surface area contributed by atoms with Crippen LogP contribution in [-0.4, -0.2) is 19.5 Å². The summed E-state index contributed by atoms with van der Waals surface area (Å²) < 4.78 is 7.20. The summed E-state index contributed by atoms with van der Waals surface area (Å²) in [7, 11) is 0. The fourth-order valence-corrected chi connectivity index (χ4v) is 5.76. The molecule has 1 aliphatic carbocycles. The number of nitrogens with zero attached hydrogens (tertiary/aromatic N) is 4. The third-order valence-electron chi connectivity index (χ3n) is 5.38. The molecule has 0 unspecified atom stereocenters. The molecule has 4 aromatic rings. The van der Waals surface area contributed by atoms with E-state index in [1.165, 1.54) is 22.6 Å². The summed E-state index contributed by atoms with van der Waals surface area (Å²) in [6.45, 7) is 2.13. The molecule has 0 fully saturated rings. The van der Waals surface area contributed by atoms with Gasteiger partial charge in [0.2, 0.25) is 11.7 Å². The number of aromatic nitrogens is 4. The Balaban J connectivity index is 1.26. The summed E-state index contributed by atoms with van der Waals surface area (Å²) in [5.74, 6) is 2.41. The van der Waals surface area contributed by atoms with E-state index in [-0.39, 0.29) is 5.56 Å². The van der Waals surface area contributed by atoms with E-state index < -0.39 is 0 Å². The van der Waals surface area contributed by atoms with Crippen LogP contribution < -0.4 is 5.56 Å². The number of benzene rings is 1. The fourth-order valence-electron chi connectivity index (χ4n) is 3.78. The molecule has 8 heteroatoms. The van der Waals surface area contributed by atoms with Gasteiger partial charge in [-0.15, -0.1) is 23.1 Å². The SMILES string of the molecule is CCc1ccc(-c2noc(CSCc3cc(=O)n4c5c(sc4n3)CCCC5)n2)cc1. The van der Waals surface area contributed by atoms with Crippen LogP contribution in [0.2, 0.25) is 0 Å². The molecular weight excluding hydrogens is 416 g/mol. The van der Waals surface area contributed by atoms with Gasteiger partial charge in [-0.2, -0.15) is 4.98 Å². The second kappa shape index (κ2) is 8.35. The second-order valence-corrected chi connectivity index (χ2v) is 9.49. The standard InChI is InChI=1S/C22H22N4O2S2/c1-2-14-7-9-15(10-8-14)21-24-19(28-25-21)13-29-12-16-11-20(27)26-17-5-3-4-6-18(17)30-22(26)23-16/h7-11H,2-6,12-13H2,1H3. The zero-order chi connectivity index (χ0) is 20.5. The monoisotopic (exact) mass is 438 g/mol. The summed E-state index contributed by atoms with van der Waals surface area (Å²) in [5, 5.41) is 4.09. The van der Waals surface area contributed by atoms with Crippen LogP contribution in [0.3, 0.4) is 0 Å². The van der Waals surface area contributed by atoms with Gasteiger partial charge in [0.25, 0.3) is 5.56 Å². The minimum Gasteiger partial charge on any atom is -0.338 e. The van der Waals surface area contributed by atoms with Gasteiger partial charge >= 0.3 is 0 Å². The maximum absolute atomic E-state index is 12.7. The Morgan fingerprint density at radius 3 is 2.80 bits per heavy atom. The molecule has 154 valence electrons. The Bertz CT molecular complexity index is 1240. The average molecular weight is 439 g/mol. The van der Waals surface area contributed by atoms with Crippen LogP contribution in [0.15, 0.2) is 39.6 Å². The molecule has 3 aromatic heterocycles. The van der Waals surface area contributed by atoms with E-state index in [1.807, 2.05) is 12.1 Å². The van der Waals surface area contributed by atoms with Crippen LogP contribution in [-0.2, 0) is 30.8 Å². The van der Waals surface area contributed by atoms with Crippen LogP contribution >= 0.6 is 23.1 Å². The van der Waals surface area contributed by atoms with Crippen molar-refractivity contribution in [3.63, 3.8) is 0 Å². The van der Waals surface area contributed by atoms with Crippen molar-refractivity contribution < 1.29 is 4.52 Å². The van der Waals surface area contributed by atoms with Crippen molar-refractivity contribution in [2.45, 2.75) is 50.5 Å². The largest absolute Gasteiger partial charge is 0.338 e. The number of rotatable bonds is 6. The molecule has 0 amide bonds. The first-order chi connectivity index (χ1) is 14.7. The highest BCUT2D eigenvalue weighted by Gasteiger charge is 2.18. The zero-order valence-corrected chi connectivity index (χ0v) is 18.4. The third-order valence-corrected chi connectivity index (χ3v) is 7.47. The quantitative estimate of drug-likeness (QED) is 0.435. The number of fused-ring (bicyclic) bond motifs is 3. The molecule has 0 saturated heterocycles. The van der Waals surface area contributed by atoms with E-state index in [2.05, 4.69) is 29.2 Å². The van der Waals surface area contributed by atoms with Gasteiger partial charge in [-0.05, 0) is 37.7 Å². The lowest BCUT2D eigenvalue weighted by molar-refractivity contribution is 0.391. The maximum Gasteiger partial charge on any atom is 0.259 e. The number of hydrogen-bond donors (Lipinski definition) is 0. The minimum absolute atomic E-state index is 0.0330. The second-order valence-electron chi connectivity index (χ2n) is 7.44. The molecule has 5 rings (SSSR count). The lowest BCUT2D eigenvalue weighted by Gasteiger charge is -2.10. The van der Waals surface area contributed by atoms with E-state index >= 15 is 0 Å². The molecule has 0 atom stereocenters. The smallest absolute Gasteiger partial charge is 0.259 e. The molecule has 0 saturated carbocycles. The van der Waals surface area contributed by atoms with Gasteiger partial charge in [0.15, 0.2) is 4.96 Å². The van der Waals surface area contributed by atoms with Crippen molar-refractivity contribution >= 4 is 28.1 Å². The molecule has 1 aromatic carbocycles. The number of thiazole rings is 1.